The normalized spacial score (nSPS) is 11.4. The van der Waals surface area contributed by atoms with Crippen molar-refractivity contribution in [3.05, 3.63) is 29.3 Å². The summed E-state index contributed by atoms with van der Waals surface area (Å²) in [6.45, 7) is 0.719. The van der Waals surface area contributed by atoms with Crippen LogP contribution in [0.2, 0.25) is 0 Å². The van der Waals surface area contributed by atoms with Gasteiger partial charge in [0.05, 0.1) is 0 Å². The maximum atomic E-state index is 12.3. The Hall–Kier alpha value is -1.72. The van der Waals surface area contributed by atoms with E-state index in [4.69, 9.17) is 11.1 Å². The summed E-state index contributed by atoms with van der Waals surface area (Å²) in [6.07, 6.45) is -4.28. The van der Waals surface area contributed by atoms with Gasteiger partial charge in [0.15, 0.2) is 0 Å². The Bertz CT molecular complexity index is 426. The third-order valence-corrected chi connectivity index (χ3v) is 2.27. The van der Waals surface area contributed by atoms with E-state index in [0.717, 1.165) is 10.5 Å². The van der Waals surface area contributed by atoms with Gasteiger partial charge in [-0.1, -0.05) is 11.6 Å². The summed E-state index contributed by atoms with van der Waals surface area (Å²) >= 11 is 0. The van der Waals surface area contributed by atoms with Gasteiger partial charge in [-0.2, -0.15) is 13.2 Å². The summed E-state index contributed by atoms with van der Waals surface area (Å²) in [6, 6.07) is 4.83. The number of aryl methyl sites for hydroxylation is 1. The smallest absolute Gasteiger partial charge is 0.384 e. The first kappa shape index (κ1) is 13.3. The number of nitrogens with one attached hydrogen (secondary N) is 1. The van der Waals surface area contributed by atoms with Gasteiger partial charge in [0.2, 0.25) is 0 Å². The largest absolute Gasteiger partial charge is 0.405 e. The summed E-state index contributed by atoms with van der Waals surface area (Å²) in [5.74, 6) is -0.238. The number of hydrogen-bond donors (Lipinski definition) is 2. The highest BCUT2D eigenvalue weighted by Crippen LogP contribution is 2.24. The first-order valence-electron chi connectivity index (χ1n) is 4.93. The molecule has 3 N–H and O–H groups in total. The Labute approximate surface area is 97.5 Å². The lowest BCUT2D eigenvalue weighted by Gasteiger charge is -2.23. The molecule has 0 saturated heterocycles. The van der Waals surface area contributed by atoms with Crippen LogP contribution >= 0.6 is 0 Å². The monoisotopic (exact) mass is 245 g/mol. The predicted octanol–water partition coefficient (Wildman–Crippen LogP) is 2.28. The Morgan fingerprint density at radius 1 is 1.41 bits per heavy atom. The molecule has 1 rings (SSSR count). The number of rotatable bonds is 3. The molecule has 0 radical (unpaired) electrons. The third kappa shape index (κ3) is 3.65. The summed E-state index contributed by atoms with van der Waals surface area (Å²) in [5.41, 5.74) is 6.83. The second-order valence-electron chi connectivity index (χ2n) is 3.91. The van der Waals surface area contributed by atoms with Crippen molar-refractivity contribution < 1.29 is 13.2 Å². The topological polar surface area (TPSA) is 53.1 Å². The molecule has 0 spiro atoms. The van der Waals surface area contributed by atoms with E-state index in [2.05, 4.69) is 0 Å². The summed E-state index contributed by atoms with van der Waals surface area (Å²) < 4.78 is 36.8. The van der Waals surface area contributed by atoms with Gasteiger partial charge < -0.3 is 10.6 Å². The number of nitrogens with zero attached hydrogens (tertiary/aromatic N) is 1. The molecule has 0 heterocycles. The van der Waals surface area contributed by atoms with E-state index in [1.54, 1.807) is 19.1 Å². The van der Waals surface area contributed by atoms with Crippen molar-refractivity contribution in [2.24, 2.45) is 5.73 Å². The molecule has 0 aliphatic heterocycles. The van der Waals surface area contributed by atoms with E-state index in [0.29, 0.717) is 11.3 Å². The lowest BCUT2D eigenvalue weighted by atomic mass is 10.1. The van der Waals surface area contributed by atoms with Gasteiger partial charge in [-0.3, -0.25) is 5.41 Å². The third-order valence-electron chi connectivity index (χ3n) is 2.27. The molecule has 17 heavy (non-hydrogen) atoms. The molecule has 94 valence electrons. The maximum Gasteiger partial charge on any atom is 0.405 e. The second kappa shape index (κ2) is 4.65. The van der Waals surface area contributed by atoms with Crippen LogP contribution in [0.1, 0.15) is 11.1 Å². The zero-order chi connectivity index (χ0) is 13.2. The Morgan fingerprint density at radius 3 is 2.47 bits per heavy atom. The number of anilines is 1. The highest BCUT2D eigenvalue weighted by atomic mass is 19.4. The van der Waals surface area contributed by atoms with Crippen molar-refractivity contribution in [2.45, 2.75) is 13.1 Å². The van der Waals surface area contributed by atoms with Crippen molar-refractivity contribution in [2.75, 3.05) is 18.5 Å². The average molecular weight is 245 g/mol. The molecule has 0 bridgehead atoms. The highest BCUT2D eigenvalue weighted by molar-refractivity contribution is 6.00. The number of nitrogen functional groups attached to an aromatic ring is 1. The number of hydrogen-bond acceptors (Lipinski definition) is 2. The van der Waals surface area contributed by atoms with Crippen molar-refractivity contribution in [1.29, 1.82) is 5.41 Å². The first-order valence-corrected chi connectivity index (χ1v) is 4.93. The molecule has 0 amide bonds. The molecule has 0 aromatic heterocycles. The first-order chi connectivity index (χ1) is 7.70. The average Bonchev–Trinajstić information content (AvgIpc) is 2.14. The minimum absolute atomic E-state index is 0.238. The molecular weight excluding hydrogens is 231 g/mol. The van der Waals surface area contributed by atoms with Crippen molar-refractivity contribution in [3.8, 4) is 0 Å². The van der Waals surface area contributed by atoms with Crippen LogP contribution in [0.5, 0.6) is 0 Å². The van der Waals surface area contributed by atoms with Crippen LogP contribution in [0.3, 0.4) is 0 Å². The van der Waals surface area contributed by atoms with E-state index < -0.39 is 12.7 Å². The molecule has 1 aromatic carbocycles. The molecule has 3 nitrogen and oxygen atoms in total. The zero-order valence-electron chi connectivity index (χ0n) is 9.60. The van der Waals surface area contributed by atoms with Crippen LogP contribution in [0.4, 0.5) is 18.9 Å². The molecule has 0 aliphatic carbocycles. The summed E-state index contributed by atoms with van der Waals surface area (Å²) in [5, 5.41) is 7.37. The molecule has 0 aliphatic rings. The van der Waals surface area contributed by atoms with Gasteiger partial charge in [-0.15, -0.1) is 0 Å². The van der Waals surface area contributed by atoms with Crippen LogP contribution in [0.15, 0.2) is 18.2 Å². The van der Waals surface area contributed by atoms with Crippen LogP contribution in [-0.2, 0) is 0 Å². The minimum atomic E-state index is -4.28. The molecule has 0 saturated carbocycles. The van der Waals surface area contributed by atoms with Crippen molar-refractivity contribution >= 4 is 11.5 Å². The van der Waals surface area contributed by atoms with Gasteiger partial charge >= 0.3 is 6.18 Å². The van der Waals surface area contributed by atoms with Crippen LogP contribution in [0.25, 0.3) is 0 Å². The summed E-state index contributed by atoms with van der Waals surface area (Å²) in [4.78, 5) is 1.04. The molecule has 0 unspecified atom stereocenters. The summed E-state index contributed by atoms with van der Waals surface area (Å²) in [7, 11) is 1.32. The molecular formula is C11H14F3N3. The van der Waals surface area contributed by atoms with Gasteiger partial charge in [0, 0.05) is 18.3 Å². The SMILES string of the molecule is Cc1ccc(N(C)CC(F)(F)F)c(C(=N)N)c1. The Kier molecular flexibility index (Phi) is 3.65. The number of nitrogens with two attached hydrogens (primary N) is 1. The molecule has 6 heteroatoms. The fourth-order valence-electron chi connectivity index (χ4n) is 1.55. The Morgan fingerprint density at radius 2 is 2.00 bits per heavy atom. The van der Waals surface area contributed by atoms with Gasteiger partial charge in [-0.25, -0.2) is 0 Å². The van der Waals surface area contributed by atoms with Crippen molar-refractivity contribution in [3.63, 3.8) is 0 Å². The second-order valence-corrected chi connectivity index (χ2v) is 3.91. The number of halogens is 3. The number of benzene rings is 1. The fourth-order valence-corrected chi connectivity index (χ4v) is 1.55. The quantitative estimate of drug-likeness (QED) is 0.634. The van der Waals surface area contributed by atoms with Gasteiger partial charge in [-0.05, 0) is 19.1 Å². The van der Waals surface area contributed by atoms with E-state index >= 15 is 0 Å². The lowest BCUT2D eigenvalue weighted by Crippen LogP contribution is -2.32. The lowest BCUT2D eigenvalue weighted by molar-refractivity contribution is -0.119. The number of alkyl halides is 3. The van der Waals surface area contributed by atoms with Crippen LogP contribution in [0, 0.1) is 12.3 Å². The van der Waals surface area contributed by atoms with Gasteiger partial charge in [0.25, 0.3) is 0 Å². The van der Waals surface area contributed by atoms with E-state index in [1.165, 1.54) is 13.1 Å². The molecule has 1 aromatic rings. The Balaban J connectivity index is 3.09. The minimum Gasteiger partial charge on any atom is -0.384 e. The van der Waals surface area contributed by atoms with Crippen molar-refractivity contribution in [1.82, 2.24) is 0 Å². The standard InChI is InChI=1S/C11H14F3N3/c1-7-3-4-9(8(5-7)10(15)16)17(2)6-11(12,13)14/h3-5H,6H2,1-2H3,(H3,15,16). The van der Waals surface area contributed by atoms with E-state index in [-0.39, 0.29) is 5.84 Å². The fraction of sp³-hybridized carbons (Fsp3) is 0.364. The van der Waals surface area contributed by atoms with Gasteiger partial charge in [0.1, 0.15) is 12.4 Å². The van der Waals surface area contributed by atoms with E-state index in [1.807, 2.05) is 0 Å². The van der Waals surface area contributed by atoms with Crippen LogP contribution < -0.4 is 10.6 Å². The highest BCUT2D eigenvalue weighted by Gasteiger charge is 2.30. The van der Waals surface area contributed by atoms with Crippen LogP contribution in [-0.4, -0.2) is 25.6 Å². The zero-order valence-corrected chi connectivity index (χ0v) is 9.60. The predicted molar refractivity (Wildman–Crippen MR) is 61.5 cm³/mol. The van der Waals surface area contributed by atoms with E-state index in [9.17, 15) is 13.2 Å². The maximum absolute atomic E-state index is 12.3. The molecule has 0 fully saturated rings. The molecule has 0 atom stereocenters. The number of amidine groups is 1.